The van der Waals surface area contributed by atoms with Gasteiger partial charge in [0.1, 0.15) is 5.69 Å². The number of Topliss-reactive ketones (excluding diaryl/α,β-unsaturated/α-hetero) is 1. The summed E-state index contributed by atoms with van der Waals surface area (Å²) in [5.41, 5.74) is 3.14. The molecule has 3 aromatic heterocycles. The first-order chi connectivity index (χ1) is 9.83. The monoisotopic (exact) mass is 282 g/mol. The van der Waals surface area contributed by atoms with Crippen molar-refractivity contribution in [2.75, 3.05) is 0 Å². The van der Waals surface area contributed by atoms with Crippen LogP contribution >= 0.6 is 11.3 Å². The molecule has 0 N–H and O–H groups in total. The first-order valence-corrected chi connectivity index (χ1v) is 6.85. The van der Waals surface area contributed by atoms with Crippen LogP contribution in [-0.2, 0) is 6.42 Å². The minimum atomic E-state index is 0.0293. The molecule has 3 heterocycles. The van der Waals surface area contributed by atoms with E-state index < -0.39 is 0 Å². The van der Waals surface area contributed by atoms with Crippen molar-refractivity contribution in [2.45, 2.75) is 6.42 Å². The van der Waals surface area contributed by atoms with E-state index in [1.165, 1.54) is 11.3 Å². The summed E-state index contributed by atoms with van der Waals surface area (Å²) in [7, 11) is 0. The molecule has 6 heteroatoms. The van der Waals surface area contributed by atoms with Crippen molar-refractivity contribution in [3.63, 3.8) is 0 Å². The van der Waals surface area contributed by atoms with Crippen LogP contribution in [0.2, 0.25) is 0 Å². The third kappa shape index (κ3) is 2.75. The third-order valence-electron chi connectivity index (χ3n) is 2.67. The van der Waals surface area contributed by atoms with E-state index in [2.05, 4.69) is 19.9 Å². The second-order valence-corrected chi connectivity index (χ2v) is 4.98. The molecule has 5 nitrogen and oxygen atoms in total. The van der Waals surface area contributed by atoms with Crippen LogP contribution in [-0.4, -0.2) is 25.7 Å². The highest BCUT2D eigenvalue weighted by Crippen LogP contribution is 2.13. The van der Waals surface area contributed by atoms with Gasteiger partial charge < -0.3 is 0 Å². The number of rotatable bonds is 4. The summed E-state index contributed by atoms with van der Waals surface area (Å²) >= 11 is 1.34. The highest BCUT2D eigenvalue weighted by atomic mass is 32.1. The average Bonchev–Trinajstić information content (AvgIpc) is 3.03. The summed E-state index contributed by atoms with van der Waals surface area (Å²) in [6.45, 7) is 0. The van der Waals surface area contributed by atoms with Crippen molar-refractivity contribution in [3.05, 3.63) is 58.9 Å². The molecule has 3 rings (SSSR count). The molecular weight excluding hydrogens is 272 g/mol. The van der Waals surface area contributed by atoms with Crippen molar-refractivity contribution in [1.29, 1.82) is 0 Å². The van der Waals surface area contributed by atoms with Crippen LogP contribution in [0.1, 0.15) is 15.2 Å². The second-order valence-electron chi connectivity index (χ2n) is 4.10. The minimum absolute atomic E-state index is 0.0293. The van der Waals surface area contributed by atoms with Gasteiger partial charge >= 0.3 is 0 Å². The maximum atomic E-state index is 11.9. The van der Waals surface area contributed by atoms with E-state index in [0.29, 0.717) is 16.4 Å². The smallest absolute Gasteiger partial charge is 0.178 e. The SMILES string of the molecule is O=C(Cc1cnc(-c2ccccn2)nc1)c1cncs1. The Morgan fingerprint density at radius 3 is 2.60 bits per heavy atom. The molecule has 0 saturated carbocycles. The lowest BCUT2D eigenvalue weighted by molar-refractivity contribution is 0.0996. The number of aromatic nitrogens is 4. The topological polar surface area (TPSA) is 68.6 Å². The lowest BCUT2D eigenvalue weighted by Crippen LogP contribution is -2.03. The Labute approximate surface area is 119 Å². The predicted octanol–water partition coefficient (Wildman–Crippen LogP) is 2.42. The Hall–Kier alpha value is -2.47. The Balaban J connectivity index is 1.75. The largest absolute Gasteiger partial charge is 0.293 e. The molecule has 0 amide bonds. The first-order valence-electron chi connectivity index (χ1n) is 5.97. The number of pyridine rings is 1. The van der Waals surface area contributed by atoms with E-state index in [0.717, 1.165) is 5.56 Å². The Kier molecular flexibility index (Phi) is 3.56. The maximum Gasteiger partial charge on any atom is 0.178 e. The molecule has 0 radical (unpaired) electrons. The third-order valence-corrected chi connectivity index (χ3v) is 3.49. The van der Waals surface area contributed by atoms with Gasteiger partial charge in [-0.2, -0.15) is 0 Å². The number of carbonyl (C=O) groups excluding carboxylic acids is 1. The zero-order chi connectivity index (χ0) is 13.8. The zero-order valence-corrected chi connectivity index (χ0v) is 11.2. The normalized spacial score (nSPS) is 10.4. The Morgan fingerprint density at radius 2 is 1.95 bits per heavy atom. The highest BCUT2D eigenvalue weighted by Gasteiger charge is 2.10. The molecule has 0 bridgehead atoms. The van der Waals surface area contributed by atoms with Gasteiger partial charge in [0.25, 0.3) is 0 Å². The summed E-state index contributed by atoms with van der Waals surface area (Å²) in [5, 5.41) is 0. The van der Waals surface area contributed by atoms with E-state index >= 15 is 0 Å². The van der Waals surface area contributed by atoms with Gasteiger partial charge in [0, 0.05) is 31.2 Å². The van der Waals surface area contributed by atoms with Gasteiger partial charge in [-0.05, 0) is 17.7 Å². The van der Waals surface area contributed by atoms with Gasteiger partial charge in [0.05, 0.1) is 10.4 Å². The molecule has 0 spiro atoms. The van der Waals surface area contributed by atoms with Crippen LogP contribution in [0.25, 0.3) is 11.5 Å². The highest BCUT2D eigenvalue weighted by molar-refractivity contribution is 7.11. The fourth-order valence-corrected chi connectivity index (χ4v) is 2.26. The molecule has 0 aliphatic rings. The average molecular weight is 282 g/mol. The molecule has 3 aromatic rings. The van der Waals surface area contributed by atoms with Crippen molar-refractivity contribution >= 4 is 17.1 Å². The van der Waals surface area contributed by atoms with Gasteiger partial charge in [-0.3, -0.25) is 14.8 Å². The van der Waals surface area contributed by atoms with Crippen LogP contribution < -0.4 is 0 Å². The van der Waals surface area contributed by atoms with E-state index in [1.54, 1.807) is 30.3 Å². The van der Waals surface area contributed by atoms with E-state index in [9.17, 15) is 4.79 Å². The van der Waals surface area contributed by atoms with Gasteiger partial charge in [0.2, 0.25) is 0 Å². The number of thiazole rings is 1. The molecule has 0 aliphatic carbocycles. The van der Waals surface area contributed by atoms with Crippen molar-refractivity contribution in [3.8, 4) is 11.5 Å². The van der Waals surface area contributed by atoms with E-state index in [1.807, 2.05) is 18.2 Å². The molecule has 0 aliphatic heterocycles. The van der Waals surface area contributed by atoms with Crippen molar-refractivity contribution < 1.29 is 4.79 Å². The lowest BCUT2D eigenvalue weighted by atomic mass is 10.1. The fourth-order valence-electron chi connectivity index (χ4n) is 1.70. The molecule has 0 fully saturated rings. The standard InChI is InChI=1S/C14H10N4OS/c19-12(13-8-15-9-20-13)5-10-6-17-14(18-7-10)11-3-1-2-4-16-11/h1-4,6-9H,5H2. The molecule has 20 heavy (non-hydrogen) atoms. The number of nitrogens with zero attached hydrogens (tertiary/aromatic N) is 4. The minimum Gasteiger partial charge on any atom is -0.293 e. The molecule has 0 atom stereocenters. The second kappa shape index (κ2) is 5.66. The summed E-state index contributed by atoms with van der Waals surface area (Å²) in [6.07, 6.45) is 6.88. The van der Waals surface area contributed by atoms with Crippen molar-refractivity contribution in [2.24, 2.45) is 0 Å². The quantitative estimate of drug-likeness (QED) is 0.687. The van der Waals surface area contributed by atoms with Gasteiger partial charge in [-0.1, -0.05) is 6.07 Å². The summed E-state index contributed by atoms with van der Waals surface area (Å²) in [6, 6.07) is 5.57. The summed E-state index contributed by atoms with van der Waals surface area (Å²) in [5.74, 6) is 0.585. The van der Waals surface area contributed by atoms with Crippen LogP contribution in [0.5, 0.6) is 0 Å². The fraction of sp³-hybridized carbons (Fsp3) is 0.0714. The number of hydrogen-bond donors (Lipinski definition) is 0. The Bertz CT molecular complexity index is 696. The zero-order valence-electron chi connectivity index (χ0n) is 10.4. The van der Waals surface area contributed by atoms with Gasteiger partial charge in [0.15, 0.2) is 11.6 Å². The van der Waals surface area contributed by atoms with Gasteiger partial charge in [-0.25, -0.2) is 9.97 Å². The number of ketones is 1. The summed E-state index contributed by atoms with van der Waals surface area (Å²) < 4.78 is 0. The van der Waals surface area contributed by atoms with E-state index in [-0.39, 0.29) is 12.2 Å². The number of carbonyl (C=O) groups is 1. The molecule has 0 unspecified atom stereocenters. The van der Waals surface area contributed by atoms with Gasteiger partial charge in [-0.15, -0.1) is 11.3 Å². The molecule has 0 saturated heterocycles. The van der Waals surface area contributed by atoms with Crippen molar-refractivity contribution in [1.82, 2.24) is 19.9 Å². The van der Waals surface area contributed by atoms with E-state index in [4.69, 9.17) is 0 Å². The van der Waals surface area contributed by atoms with Crippen LogP contribution in [0.4, 0.5) is 0 Å². The van der Waals surface area contributed by atoms with Crippen LogP contribution in [0.15, 0.2) is 48.5 Å². The summed E-state index contributed by atoms with van der Waals surface area (Å²) in [4.78, 5) is 29.2. The molecular formula is C14H10N4OS. The molecule has 98 valence electrons. The maximum absolute atomic E-state index is 11.9. The first kappa shape index (κ1) is 12.6. The number of hydrogen-bond acceptors (Lipinski definition) is 6. The van der Waals surface area contributed by atoms with Crippen LogP contribution in [0.3, 0.4) is 0 Å². The lowest BCUT2D eigenvalue weighted by Gasteiger charge is -2.01. The predicted molar refractivity (Wildman–Crippen MR) is 75.4 cm³/mol. The van der Waals surface area contributed by atoms with Crippen LogP contribution in [0, 0.1) is 0 Å². The molecule has 0 aromatic carbocycles. The Morgan fingerprint density at radius 1 is 1.10 bits per heavy atom.